The lowest BCUT2D eigenvalue weighted by molar-refractivity contribution is 0.0962. The van der Waals surface area contributed by atoms with Gasteiger partial charge in [0, 0.05) is 30.4 Å². The van der Waals surface area contributed by atoms with Crippen LogP contribution in [-0.4, -0.2) is 34.6 Å². The number of anilines is 3. The number of hydrogen-bond donors (Lipinski definition) is 3. The van der Waals surface area contributed by atoms with Crippen LogP contribution in [0.25, 0.3) is 22.2 Å². The number of rotatable bonds is 6. The summed E-state index contributed by atoms with van der Waals surface area (Å²) in [7, 11) is 3.04. The molecule has 176 valence electrons. The molecule has 8 nitrogen and oxygen atoms in total. The smallest absolute Gasteiger partial charge is 0.251 e. The molecule has 0 atom stereocenters. The van der Waals surface area contributed by atoms with Crippen LogP contribution in [0.2, 0.25) is 5.02 Å². The lowest BCUT2D eigenvalue weighted by Gasteiger charge is -2.11. The Labute approximate surface area is 200 Å². The molecule has 2 aromatic carbocycles. The van der Waals surface area contributed by atoms with Gasteiger partial charge in [0.1, 0.15) is 23.0 Å². The number of nitrogens with one attached hydrogen (secondary N) is 2. The van der Waals surface area contributed by atoms with Gasteiger partial charge in [0.25, 0.3) is 5.91 Å². The molecular formula is C24H24ClFN6O2. The fourth-order valence-electron chi connectivity index (χ4n) is 3.69. The summed E-state index contributed by atoms with van der Waals surface area (Å²) in [5.41, 5.74) is 8.96. The van der Waals surface area contributed by atoms with Crippen molar-refractivity contribution in [3.8, 4) is 16.9 Å². The zero-order chi connectivity index (χ0) is 24.6. The van der Waals surface area contributed by atoms with Gasteiger partial charge in [0.2, 0.25) is 5.95 Å². The third kappa shape index (κ3) is 4.22. The van der Waals surface area contributed by atoms with Crippen LogP contribution in [-0.2, 0) is 0 Å². The van der Waals surface area contributed by atoms with Crippen LogP contribution in [0.3, 0.4) is 0 Å². The summed E-state index contributed by atoms with van der Waals surface area (Å²) in [6, 6.07) is 9.64. The third-order valence-corrected chi connectivity index (χ3v) is 5.74. The quantitative estimate of drug-likeness (QED) is 0.350. The van der Waals surface area contributed by atoms with E-state index in [2.05, 4.69) is 20.6 Å². The van der Waals surface area contributed by atoms with Crippen molar-refractivity contribution in [1.82, 2.24) is 19.9 Å². The van der Waals surface area contributed by atoms with Crippen molar-refractivity contribution >= 4 is 46.0 Å². The Morgan fingerprint density at radius 1 is 1.21 bits per heavy atom. The van der Waals surface area contributed by atoms with Crippen molar-refractivity contribution in [1.29, 1.82) is 0 Å². The average molecular weight is 483 g/mol. The number of nitrogens with two attached hydrogens (primary N) is 1. The van der Waals surface area contributed by atoms with E-state index in [9.17, 15) is 9.18 Å². The second-order valence-corrected chi connectivity index (χ2v) is 8.33. The number of amides is 1. The van der Waals surface area contributed by atoms with Gasteiger partial charge in [-0.3, -0.25) is 4.79 Å². The third-order valence-electron chi connectivity index (χ3n) is 5.42. The molecule has 0 radical (unpaired) electrons. The number of hydrogen-bond acceptors (Lipinski definition) is 6. The highest BCUT2D eigenvalue weighted by molar-refractivity contribution is 6.32. The number of halogens is 2. The molecule has 0 unspecified atom stereocenters. The van der Waals surface area contributed by atoms with Crippen LogP contribution < -0.4 is 21.1 Å². The molecule has 0 bridgehead atoms. The van der Waals surface area contributed by atoms with Gasteiger partial charge in [-0.15, -0.1) is 0 Å². The molecule has 34 heavy (non-hydrogen) atoms. The van der Waals surface area contributed by atoms with E-state index >= 15 is 0 Å². The number of carbonyl (C=O) groups is 1. The molecule has 4 N–H and O–H groups in total. The van der Waals surface area contributed by atoms with Gasteiger partial charge in [0.15, 0.2) is 0 Å². The maximum atomic E-state index is 14.6. The van der Waals surface area contributed by atoms with Gasteiger partial charge < -0.3 is 25.7 Å². The first kappa shape index (κ1) is 23.3. The van der Waals surface area contributed by atoms with Crippen molar-refractivity contribution in [2.75, 3.05) is 25.2 Å². The summed E-state index contributed by atoms with van der Waals surface area (Å²) in [6.07, 6.45) is 1.95. The van der Waals surface area contributed by atoms with Crippen LogP contribution in [0.15, 0.2) is 42.6 Å². The summed E-state index contributed by atoms with van der Waals surface area (Å²) in [5, 5.41) is 6.50. The van der Waals surface area contributed by atoms with Crippen LogP contribution in [0.4, 0.5) is 21.8 Å². The molecule has 0 spiro atoms. The van der Waals surface area contributed by atoms with Crippen LogP contribution in [0.1, 0.15) is 30.2 Å². The molecule has 0 fully saturated rings. The summed E-state index contributed by atoms with van der Waals surface area (Å²) < 4.78 is 22.0. The molecular weight excluding hydrogens is 459 g/mol. The summed E-state index contributed by atoms with van der Waals surface area (Å²) >= 11 is 6.19. The Morgan fingerprint density at radius 2 is 1.97 bits per heavy atom. The molecule has 0 aliphatic carbocycles. The van der Waals surface area contributed by atoms with Crippen LogP contribution >= 0.6 is 11.6 Å². The Morgan fingerprint density at radius 3 is 2.62 bits per heavy atom. The molecule has 0 saturated carbocycles. The van der Waals surface area contributed by atoms with Gasteiger partial charge in [-0.25, -0.2) is 4.39 Å². The van der Waals surface area contributed by atoms with Crippen molar-refractivity contribution in [2.24, 2.45) is 0 Å². The topological polar surface area (TPSA) is 107 Å². The van der Waals surface area contributed by atoms with Gasteiger partial charge in [-0.2, -0.15) is 9.97 Å². The molecule has 2 heterocycles. The van der Waals surface area contributed by atoms with E-state index in [-0.39, 0.29) is 35.0 Å². The molecule has 0 aliphatic rings. The van der Waals surface area contributed by atoms with Gasteiger partial charge in [-0.05, 0) is 49.7 Å². The van der Waals surface area contributed by atoms with Crippen LogP contribution in [0.5, 0.6) is 5.75 Å². The van der Waals surface area contributed by atoms with Crippen molar-refractivity contribution in [3.63, 3.8) is 0 Å². The maximum Gasteiger partial charge on any atom is 0.251 e. The second-order valence-electron chi connectivity index (χ2n) is 7.92. The Kier molecular flexibility index (Phi) is 6.30. The monoisotopic (exact) mass is 482 g/mol. The molecule has 4 aromatic rings. The number of carbonyl (C=O) groups excluding carboxylic acids is 1. The standard InChI is InChI=1S/C24H24ClFN6O2/c1-12(2)32-11-15(13-5-7-16(25)19(10-13)34-4)20-21(27)30-24(31-22(20)32)29-18-8-6-14(9-17(18)26)23(33)28-3/h5-12H,1-4H3,(H,28,33)(H3,27,29,30,31). The van der Waals surface area contributed by atoms with Crippen molar-refractivity contribution < 1.29 is 13.9 Å². The zero-order valence-electron chi connectivity index (χ0n) is 19.1. The van der Waals surface area contributed by atoms with E-state index in [1.807, 2.05) is 36.7 Å². The number of nitrogen functional groups attached to an aromatic ring is 1. The summed E-state index contributed by atoms with van der Waals surface area (Å²) in [4.78, 5) is 20.7. The summed E-state index contributed by atoms with van der Waals surface area (Å²) in [5.74, 6) is -0.0851. The first-order valence-corrected chi connectivity index (χ1v) is 10.9. The van der Waals surface area contributed by atoms with E-state index in [1.54, 1.807) is 13.2 Å². The van der Waals surface area contributed by atoms with Gasteiger partial charge >= 0.3 is 0 Å². The van der Waals surface area contributed by atoms with E-state index < -0.39 is 5.82 Å². The molecule has 10 heteroatoms. The minimum absolute atomic E-state index is 0.0659. The molecule has 0 aliphatic heterocycles. The molecule has 1 amide bonds. The Hall–Kier alpha value is -3.85. The number of ether oxygens (including phenoxy) is 1. The second kappa shape index (κ2) is 9.18. The maximum absolute atomic E-state index is 14.6. The molecule has 2 aromatic heterocycles. The normalized spacial score (nSPS) is 11.1. The van der Waals surface area contributed by atoms with E-state index in [1.165, 1.54) is 19.2 Å². The first-order valence-electron chi connectivity index (χ1n) is 10.5. The highest BCUT2D eigenvalue weighted by Gasteiger charge is 2.20. The zero-order valence-corrected chi connectivity index (χ0v) is 19.9. The first-order chi connectivity index (χ1) is 16.2. The number of nitrogens with zero attached hydrogens (tertiary/aromatic N) is 3. The van der Waals surface area contributed by atoms with E-state index in [0.29, 0.717) is 21.8 Å². The number of aromatic nitrogens is 3. The Balaban J connectivity index is 1.81. The van der Waals surface area contributed by atoms with Gasteiger partial charge in [-0.1, -0.05) is 17.7 Å². The largest absolute Gasteiger partial charge is 0.495 e. The highest BCUT2D eigenvalue weighted by Crippen LogP contribution is 2.38. The van der Waals surface area contributed by atoms with Gasteiger partial charge in [0.05, 0.1) is 23.2 Å². The summed E-state index contributed by atoms with van der Waals surface area (Å²) in [6.45, 7) is 4.04. The fourth-order valence-corrected chi connectivity index (χ4v) is 3.89. The van der Waals surface area contributed by atoms with E-state index in [4.69, 9.17) is 22.1 Å². The number of benzene rings is 2. The van der Waals surface area contributed by atoms with Crippen LogP contribution in [0, 0.1) is 5.82 Å². The predicted molar refractivity (Wildman–Crippen MR) is 132 cm³/mol. The highest BCUT2D eigenvalue weighted by atomic mass is 35.5. The fraction of sp³-hybridized carbons (Fsp3) is 0.208. The minimum atomic E-state index is -0.614. The van der Waals surface area contributed by atoms with E-state index in [0.717, 1.165) is 17.2 Å². The lowest BCUT2D eigenvalue weighted by Crippen LogP contribution is -2.18. The Bertz CT molecular complexity index is 1400. The lowest BCUT2D eigenvalue weighted by atomic mass is 10.1. The van der Waals surface area contributed by atoms with Crippen molar-refractivity contribution in [3.05, 3.63) is 59.0 Å². The minimum Gasteiger partial charge on any atom is -0.495 e. The van der Waals surface area contributed by atoms with Crippen molar-refractivity contribution in [2.45, 2.75) is 19.9 Å². The molecule has 0 saturated heterocycles. The number of fused-ring (bicyclic) bond motifs is 1. The number of methoxy groups -OCH3 is 1. The predicted octanol–water partition coefficient (Wildman–Crippen LogP) is 5.17. The molecule has 4 rings (SSSR count). The SMILES string of the molecule is CNC(=O)c1ccc(Nc2nc(N)c3c(-c4ccc(Cl)c(OC)c4)cn(C(C)C)c3n2)c(F)c1. The average Bonchev–Trinajstić information content (AvgIpc) is 3.20.